The van der Waals surface area contributed by atoms with E-state index in [-0.39, 0.29) is 11.8 Å². The number of benzene rings is 2. The second-order valence-corrected chi connectivity index (χ2v) is 7.63. The van der Waals surface area contributed by atoms with Gasteiger partial charge in [0.05, 0.1) is 5.92 Å². The molecule has 0 spiro atoms. The molecule has 1 amide bonds. The number of carbonyl (C=O) groups excluding carboxylic acids is 1. The first kappa shape index (κ1) is 19.3. The third-order valence-electron chi connectivity index (χ3n) is 5.59. The molecule has 1 aliphatic heterocycles. The molecular weight excluding hydrogens is 358 g/mol. The summed E-state index contributed by atoms with van der Waals surface area (Å²) in [6, 6.07) is 22.9. The van der Waals surface area contributed by atoms with Crippen molar-refractivity contribution in [1.82, 2.24) is 15.2 Å². The Labute approximate surface area is 172 Å². The van der Waals surface area contributed by atoms with Crippen LogP contribution in [0.1, 0.15) is 11.1 Å². The highest BCUT2D eigenvalue weighted by Crippen LogP contribution is 2.25. The summed E-state index contributed by atoms with van der Waals surface area (Å²) in [7, 11) is 0. The Bertz CT molecular complexity index is 927. The zero-order valence-electron chi connectivity index (χ0n) is 16.6. The fourth-order valence-electron chi connectivity index (χ4n) is 4.03. The molecule has 1 saturated heterocycles. The summed E-state index contributed by atoms with van der Waals surface area (Å²) < 4.78 is 0. The van der Waals surface area contributed by atoms with Gasteiger partial charge in [0.1, 0.15) is 0 Å². The molecule has 29 heavy (non-hydrogen) atoms. The van der Waals surface area contributed by atoms with E-state index < -0.39 is 0 Å². The maximum atomic E-state index is 12.7. The normalized spacial score (nSPS) is 17.5. The minimum atomic E-state index is -0.0499. The van der Waals surface area contributed by atoms with Crippen LogP contribution in [0.3, 0.4) is 0 Å². The van der Waals surface area contributed by atoms with Gasteiger partial charge in [-0.2, -0.15) is 0 Å². The SMILES string of the molecule is O=C1NCCN(CCc2ccccc2)CC1Cc1ccccc1-c1cccnc1. The van der Waals surface area contributed by atoms with Gasteiger partial charge in [-0.25, -0.2) is 0 Å². The van der Waals surface area contributed by atoms with E-state index in [1.54, 1.807) is 6.20 Å². The van der Waals surface area contributed by atoms with Crippen LogP contribution in [0.15, 0.2) is 79.1 Å². The maximum Gasteiger partial charge on any atom is 0.224 e. The summed E-state index contributed by atoms with van der Waals surface area (Å²) in [4.78, 5) is 19.4. The zero-order chi connectivity index (χ0) is 19.9. The van der Waals surface area contributed by atoms with Crippen LogP contribution in [0.4, 0.5) is 0 Å². The lowest BCUT2D eigenvalue weighted by Gasteiger charge is -2.23. The number of nitrogens with zero attached hydrogens (tertiary/aromatic N) is 2. The Morgan fingerprint density at radius 1 is 1.00 bits per heavy atom. The van der Waals surface area contributed by atoms with Crippen molar-refractivity contribution in [2.75, 3.05) is 26.2 Å². The van der Waals surface area contributed by atoms with Gasteiger partial charge < -0.3 is 10.2 Å². The number of carbonyl (C=O) groups is 1. The highest BCUT2D eigenvalue weighted by Gasteiger charge is 2.26. The molecule has 0 bridgehead atoms. The van der Waals surface area contributed by atoms with Crippen molar-refractivity contribution in [2.24, 2.45) is 5.92 Å². The Balaban J connectivity index is 1.48. The fraction of sp³-hybridized carbons (Fsp3) is 0.280. The van der Waals surface area contributed by atoms with Crippen molar-refractivity contribution in [3.05, 3.63) is 90.3 Å². The molecule has 1 atom stereocenters. The largest absolute Gasteiger partial charge is 0.355 e. The van der Waals surface area contributed by atoms with E-state index in [0.29, 0.717) is 6.54 Å². The second kappa shape index (κ2) is 9.48. The number of amides is 1. The van der Waals surface area contributed by atoms with E-state index in [9.17, 15) is 4.79 Å². The highest BCUT2D eigenvalue weighted by atomic mass is 16.1. The number of rotatable bonds is 6. The number of hydrogen-bond acceptors (Lipinski definition) is 3. The van der Waals surface area contributed by atoms with Crippen LogP contribution in [-0.4, -0.2) is 42.0 Å². The summed E-state index contributed by atoms with van der Waals surface area (Å²) in [5.74, 6) is 0.110. The first-order valence-electron chi connectivity index (χ1n) is 10.3. The van der Waals surface area contributed by atoms with E-state index >= 15 is 0 Å². The van der Waals surface area contributed by atoms with Crippen molar-refractivity contribution >= 4 is 5.91 Å². The van der Waals surface area contributed by atoms with Crippen LogP contribution in [-0.2, 0) is 17.6 Å². The molecule has 2 heterocycles. The summed E-state index contributed by atoms with van der Waals surface area (Å²) in [6.45, 7) is 3.38. The molecule has 0 aliphatic carbocycles. The van der Waals surface area contributed by atoms with Gasteiger partial charge >= 0.3 is 0 Å². The summed E-state index contributed by atoms with van der Waals surface area (Å²) >= 11 is 0. The molecule has 0 radical (unpaired) electrons. The summed E-state index contributed by atoms with van der Waals surface area (Å²) in [5.41, 5.74) is 4.80. The lowest BCUT2D eigenvalue weighted by Crippen LogP contribution is -2.34. The zero-order valence-corrected chi connectivity index (χ0v) is 16.6. The van der Waals surface area contributed by atoms with Gasteiger partial charge in [-0.05, 0) is 35.6 Å². The number of nitrogens with one attached hydrogen (secondary N) is 1. The quantitative estimate of drug-likeness (QED) is 0.705. The molecule has 3 aromatic rings. The minimum absolute atomic E-state index is 0.0499. The molecule has 148 valence electrons. The van der Waals surface area contributed by atoms with Gasteiger partial charge in [0.25, 0.3) is 0 Å². The smallest absolute Gasteiger partial charge is 0.224 e. The van der Waals surface area contributed by atoms with Gasteiger partial charge in [0.2, 0.25) is 5.91 Å². The highest BCUT2D eigenvalue weighted by molar-refractivity contribution is 5.80. The van der Waals surface area contributed by atoms with Crippen LogP contribution in [0.2, 0.25) is 0 Å². The monoisotopic (exact) mass is 385 g/mol. The van der Waals surface area contributed by atoms with Crippen LogP contribution in [0, 0.1) is 5.92 Å². The third kappa shape index (κ3) is 5.09. The van der Waals surface area contributed by atoms with Crippen LogP contribution in [0.5, 0.6) is 0 Å². The van der Waals surface area contributed by atoms with Gasteiger partial charge in [-0.15, -0.1) is 0 Å². The fourth-order valence-corrected chi connectivity index (χ4v) is 4.03. The van der Waals surface area contributed by atoms with Crippen LogP contribution >= 0.6 is 0 Å². The van der Waals surface area contributed by atoms with Gasteiger partial charge in [0, 0.05) is 44.1 Å². The van der Waals surface area contributed by atoms with Gasteiger partial charge in [0.15, 0.2) is 0 Å². The summed E-state index contributed by atoms with van der Waals surface area (Å²) in [6.07, 6.45) is 5.42. The summed E-state index contributed by atoms with van der Waals surface area (Å²) in [5, 5.41) is 3.11. The molecular formula is C25H27N3O. The average molecular weight is 386 g/mol. The standard InChI is InChI=1S/C25H27N3O/c29-25-23(17-21-9-4-5-11-24(21)22-10-6-13-26-18-22)19-28(16-14-27-25)15-12-20-7-2-1-3-8-20/h1-11,13,18,23H,12,14-17,19H2,(H,27,29). The lowest BCUT2D eigenvalue weighted by molar-refractivity contribution is -0.124. The van der Waals surface area contributed by atoms with Crippen molar-refractivity contribution < 1.29 is 4.79 Å². The molecule has 4 rings (SSSR count). The molecule has 4 nitrogen and oxygen atoms in total. The Morgan fingerprint density at radius 3 is 2.66 bits per heavy atom. The van der Waals surface area contributed by atoms with Gasteiger partial charge in [-0.3, -0.25) is 9.78 Å². The van der Waals surface area contributed by atoms with E-state index in [1.807, 2.05) is 24.4 Å². The predicted molar refractivity (Wildman–Crippen MR) is 116 cm³/mol. The van der Waals surface area contributed by atoms with Crippen molar-refractivity contribution in [1.29, 1.82) is 0 Å². The first-order chi connectivity index (χ1) is 14.3. The molecule has 2 aromatic carbocycles. The van der Waals surface area contributed by atoms with Crippen LogP contribution < -0.4 is 5.32 Å². The molecule has 1 fully saturated rings. The average Bonchev–Trinajstić information content (AvgIpc) is 2.95. The van der Waals surface area contributed by atoms with E-state index in [1.165, 1.54) is 11.1 Å². The van der Waals surface area contributed by atoms with Crippen molar-refractivity contribution in [3.63, 3.8) is 0 Å². The molecule has 1 aliphatic rings. The molecule has 1 aromatic heterocycles. The Hall–Kier alpha value is -2.98. The molecule has 1 N–H and O–H groups in total. The van der Waals surface area contributed by atoms with E-state index in [0.717, 1.165) is 43.6 Å². The third-order valence-corrected chi connectivity index (χ3v) is 5.59. The Kier molecular flexibility index (Phi) is 6.32. The lowest BCUT2D eigenvalue weighted by atomic mass is 9.92. The van der Waals surface area contributed by atoms with Crippen molar-refractivity contribution in [2.45, 2.75) is 12.8 Å². The van der Waals surface area contributed by atoms with Crippen molar-refractivity contribution in [3.8, 4) is 11.1 Å². The maximum absolute atomic E-state index is 12.7. The molecule has 1 unspecified atom stereocenters. The number of pyridine rings is 1. The number of hydrogen-bond donors (Lipinski definition) is 1. The van der Waals surface area contributed by atoms with E-state index in [4.69, 9.17) is 0 Å². The van der Waals surface area contributed by atoms with Crippen LogP contribution in [0.25, 0.3) is 11.1 Å². The topological polar surface area (TPSA) is 45.2 Å². The van der Waals surface area contributed by atoms with E-state index in [2.05, 4.69) is 63.7 Å². The second-order valence-electron chi connectivity index (χ2n) is 7.63. The Morgan fingerprint density at radius 2 is 1.83 bits per heavy atom. The molecule has 0 saturated carbocycles. The minimum Gasteiger partial charge on any atom is -0.355 e. The first-order valence-corrected chi connectivity index (χ1v) is 10.3. The molecule has 4 heteroatoms. The number of aromatic nitrogens is 1. The predicted octanol–water partition coefficient (Wildman–Crippen LogP) is 3.58. The van der Waals surface area contributed by atoms with Gasteiger partial charge in [-0.1, -0.05) is 60.7 Å².